The predicted octanol–water partition coefficient (Wildman–Crippen LogP) is 5.32. The molecule has 0 spiro atoms. The lowest BCUT2D eigenvalue weighted by molar-refractivity contribution is -0.120. The highest BCUT2D eigenvalue weighted by Gasteiger charge is 2.41. The molecule has 3 aromatic rings. The molecule has 2 amide bonds. The van der Waals surface area contributed by atoms with E-state index in [1.165, 1.54) is 24.3 Å². The SMILES string of the molecule is Cc1ccc(NC2=C(c3ccc(F)cc3)C(=O)N(c3ccccc3OC(C)C)C2=O)cc1. The molecule has 0 saturated carbocycles. The molecule has 0 radical (unpaired) electrons. The van der Waals surface area contributed by atoms with Gasteiger partial charge >= 0.3 is 0 Å². The third-order valence-electron chi connectivity index (χ3n) is 5.01. The molecule has 0 aliphatic carbocycles. The Morgan fingerprint density at radius 3 is 2.19 bits per heavy atom. The second-order valence-electron chi connectivity index (χ2n) is 7.83. The molecule has 0 bridgehead atoms. The van der Waals surface area contributed by atoms with Crippen LogP contribution in [0.3, 0.4) is 0 Å². The summed E-state index contributed by atoms with van der Waals surface area (Å²) in [6.45, 7) is 5.71. The van der Waals surface area contributed by atoms with Crippen LogP contribution in [-0.2, 0) is 9.59 Å². The van der Waals surface area contributed by atoms with Gasteiger partial charge in [0.05, 0.1) is 17.4 Å². The van der Waals surface area contributed by atoms with Crippen molar-refractivity contribution in [1.29, 1.82) is 0 Å². The van der Waals surface area contributed by atoms with Crippen molar-refractivity contribution in [3.63, 3.8) is 0 Å². The number of benzene rings is 3. The number of aryl methyl sites for hydroxylation is 1. The van der Waals surface area contributed by atoms with Gasteiger partial charge < -0.3 is 10.1 Å². The Hall–Kier alpha value is -3.93. The highest BCUT2D eigenvalue weighted by molar-refractivity contribution is 6.46. The molecule has 0 aromatic heterocycles. The van der Waals surface area contributed by atoms with Crippen LogP contribution in [0.5, 0.6) is 5.75 Å². The number of para-hydroxylation sites is 2. The minimum atomic E-state index is -0.505. The summed E-state index contributed by atoms with van der Waals surface area (Å²) < 4.78 is 19.4. The third kappa shape index (κ3) is 4.12. The number of carbonyl (C=O) groups excluding carboxylic acids is 2. The van der Waals surface area contributed by atoms with E-state index in [1.807, 2.05) is 45.0 Å². The fourth-order valence-electron chi connectivity index (χ4n) is 3.53. The molecule has 4 rings (SSSR count). The van der Waals surface area contributed by atoms with E-state index < -0.39 is 17.6 Å². The quantitative estimate of drug-likeness (QED) is 0.538. The number of rotatable bonds is 6. The van der Waals surface area contributed by atoms with Gasteiger partial charge in [0.15, 0.2) is 0 Å². The van der Waals surface area contributed by atoms with Crippen molar-refractivity contribution in [1.82, 2.24) is 0 Å². The Kier molecular flexibility index (Phi) is 5.77. The van der Waals surface area contributed by atoms with E-state index >= 15 is 0 Å². The molecule has 162 valence electrons. The van der Waals surface area contributed by atoms with Crippen LogP contribution in [0.4, 0.5) is 15.8 Å². The van der Waals surface area contributed by atoms with Crippen LogP contribution in [-0.4, -0.2) is 17.9 Å². The summed E-state index contributed by atoms with van der Waals surface area (Å²) in [5.74, 6) is -1.00. The largest absolute Gasteiger partial charge is 0.489 e. The summed E-state index contributed by atoms with van der Waals surface area (Å²) in [6, 6.07) is 19.9. The Balaban J connectivity index is 1.82. The molecular weight excluding hydrogens is 407 g/mol. The lowest BCUT2D eigenvalue weighted by atomic mass is 10.0. The number of amides is 2. The summed E-state index contributed by atoms with van der Waals surface area (Å²) in [5.41, 5.74) is 2.85. The monoisotopic (exact) mass is 430 g/mol. The van der Waals surface area contributed by atoms with Gasteiger partial charge in [-0.25, -0.2) is 9.29 Å². The Morgan fingerprint density at radius 2 is 1.53 bits per heavy atom. The molecule has 1 heterocycles. The van der Waals surface area contributed by atoms with E-state index in [0.717, 1.165) is 10.5 Å². The average Bonchev–Trinajstić information content (AvgIpc) is 3.00. The maximum atomic E-state index is 13.6. The van der Waals surface area contributed by atoms with Crippen molar-refractivity contribution in [2.45, 2.75) is 26.9 Å². The zero-order valence-electron chi connectivity index (χ0n) is 18.1. The van der Waals surface area contributed by atoms with Crippen LogP contribution >= 0.6 is 0 Å². The maximum absolute atomic E-state index is 13.6. The van der Waals surface area contributed by atoms with Gasteiger partial charge in [0.2, 0.25) is 0 Å². The number of anilines is 2. The maximum Gasteiger partial charge on any atom is 0.282 e. The standard InChI is InChI=1S/C26H23FN2O3/c1-16(2)32-22-7-5-4-6-21(22)29-25(30)23(18-10-12-19(27)13-11-18)24(26(29)31)28-20-14-8-17(3)9-15-20/h4-16,28H,1-3H3. The van der Waals surface area contributed by atoms with Gasteiger partial charge in [0, 0.05) is 5.69 Å². The Labute approximate surface area is 186 Å². The highest BCUT2D eigenvalue weighted by atomic mass is 19.1. The van der Waals surface area contributed by atoms with Crippen LogP contribution < -0.4 is 15.0 Å². The fourth-order valence-corrected chi connectivity index (χ4v) is 3.53. The average molecular weight is 430 g/mol. The van der Waals surface area contributed by atoms with Crippen molar-refractivity contribution < 1.29 is 18.7 Å². The molecule has 0 saturated heterocycles. The minimum absolute atomic E-state index is 0.129. The van der Waals surface area contributed by atoms with Crippen molar-refractivity contribution in [3.05, 3.63) is 95.4 Å². The molecule has 1 aliphatic rings. The number of nitrogens with one attached hydrogen (secondary N) is 1. The molecule has 5 nitrogen and oxygen atoms in total. The van der Waals surface area contributed by atoms with Gasteiger partial charge in [-0.15, -0.1) is 0 Å². The predicted molar refractivity (Wildman–Crippen MR) is 123 cm³/mol. The third-order valence-corrected chi connectivity index (χ3v) is 5.01. The van der Waals surface area contributed by atoms with Crippen LogP contribution in [0.1, 0.15) is 25.0 Å². The smallest absolute Gasteiger partial charge is 0.282 e. The molecule has 0 atom stereocenters. The molecule has 3 aromatic carbocycles. The van der Waals surface area contributed by atoms with Gasteiger partial charge in [-0.05, 0) is 62.7 Å². The number of nitrogens with zero attached hydrogens (tertiary/aromatic N) is 1. The van der Waals surface area contributed by atoms with Gasteiger partial charge in [-0.3, -0.25) is 9.59 Å². The molecule has 1 aliphatic heterocycles. The van der Waals surface area contributed by atoms with E-state index in [9.17, 15) is 14.0 Å². The first-order valence-electron chi connectivity index (χ1n) is 10.3. The highest BCUT2D eigenvalue weighted by Crippen LogP contribution is 2.38. The summed E-state index contributed by atoms with van der Waals surface area (Å²) in [7, 11) is 0. The lowest BCUT2D eigenvalue weighted by Crippen LogP contribution is -2.33. The number of halogens is 1. The zero-order chi connectivity index (χ0) is 22.8. The van der Waals surface area contributed by atoms with E-state index in [2.05, 4.69) is 5.32 Å². The summed E-state index contributed by atoms with van der Waals surface area (Å²) in [5, 5.41) is 3.10. The Morgan fingerprint density at radius 1 is 0.875 bits per heavy atom. The van der Waals surface area contributed by atoms with Gasteiger partial charge in [-0.2, -0.15) is 0 Å². The Bertz CT molecular complexity index is 1200. The molecular formula is C26H23FN2O3. The van der Waals surface area contributed by atoms with E-state index in [-0.39, 0.29) is 17.4 Å². The van der Waals surface area contributed by atoms with Crippen molar-refractivity contribution in [2.75, 3.05) is 10.2 Å². The van der Waals surface area contributed by atoms with E-state index in [4.69, 9.17) is 4.74 Å². The second kappa shape index (κ2) is 8.67. The normalized spacial score (nSPS) is 13.8. The second-order valence-corrected chi connectivity index (χ2v) is 7.83. The van der Waals surface area contributed by atoms with E-state index in [0.29, 0.717) is 22.7 Å². The summed E-state index contributed by atoms with van der Waals surface area (Å²) in [4.78, 5) is 28.2. The van der Waals surface area contributed by atoms with Crippen molar-refractivity contribution >= 4 is 28.8 Å². The number of ether oxygens (including phenoxy) is 1. The first kappa shape index (κ1) is 21.3. The lowest BCUT2D eigenvalue weighted by Gasteiger charge is -2.20. The fraction of sp³-hybridized carbons (Fsp3) is 0.154. The molecule has 6 heteroatoms. The topological polar surface area (TPSA) is 58.6 Å². The van der Waals surface area contributed by atoms with Gasteiger partial charge in [-0.1, -0.05) is 42.0 Å². The van der Waals surface area contributed by atoms with Gasteiger partial charge in [0.25, 0.3) is 11.8 Å². The summed E-state index contributed by atoms with van der Waals surface area (Å²) >= 11 is 0. The first-order valence-corrected chi connectivity index (χ1v) is 10.3. The zero-order valence-corrected chi connectivity index (χ0v) is 18.1. The molecule has 32 heavy (non-hydrogen) atoms. The molecule has 0 fully saturated rings. The van der Waals surface area contributed by atoms with Crippen molar-refractivity contribution in [2.24, 2.45) is 0 Å². The molecule has 0 unspecified atom stereocenters. The number of hydrogen-bond donors (Lipinski definition) is 1. The van der Waals surface area contributed by atoms with Crippen LogP contribution in [0.25, 0.3) is 5.57 Å². The number of carbonyl (C=O) groups is 2. The van der Waals surface area contributed by atoms with E-state index in [1.54, 1.807) is 24.3 Å². The van der Waals surface area contributed by atoms with Crippen LogP contribution in [0.15, 0.2) is 78.5 Å². The molecule has 1 N–H and O–H groups in total. The first-order chi connectivity index (χ1) is 15.3. The minimum Gasteiger partial charge on any atom is -0.489 e. The summed E-state index contributed by atoms with van der Waals surface area (Å²) in [6.07, 6.45) is -0.140. The number of hydrogen-bond acceptors (Lipinski definition) is 4. The van der Waals surface area contributed by atoms with Crippen molar-refractivity contribution in [3.8, 4) is 5.75 Å². The van der Waals surface area contributed by atoms with Gasteiger partial charge in [0.1, 0.15) is 17.3 Å². The number of imide groups is 1. The van der Waals surface area contributed by atoms with Crippen LogP contribution in [0.2, 0.25) is 0 Å². The van der Waals surface area contributed by atoms with Crippen LogP contribution in [0, 0.1) is 12.7 Å².